The van der Waals surface area contributed by atoms with E-state index in [1.54, 1.807) is 30.0 Å². The summed E-state index contributed by atoms with van der Waals surface area (Å²) >= 11 is 14.0. The van der Waals surface area contributed by atoms with Crippen molar-refractivity contribution in [3.63, 3.8) is 0 Å². The highest BCUT2D eigenvalue weighted by Gasteiger charge is 2.40. The molecule has 1 aromatic heterocycles. The van der Waals surface area contributed by atoms with Crippen LogP contribution in [0, 0.1) is 0 Å². The van der Waals surface area contributed by atoms with E-state index in [4.69, 9.17) is 27.9 Å². The summed E-state index contributed by atoms with van der Waals surface area (Å²) in [5.41, 5.74) is 1.48. The van der Waals surface area contributed by atoms with Crippen LogP contribution < -0.4 is 5.32 Å². The number of piperazine rings is 1. The maximum atomic E-state index is 13.3. The maximum absolute atomic E-state index is 13.3. The number of hydrogen-bond acceptors (Lipinski definition) is 6. The number of amides is 3. The molecule has 1 N–H and O–H groups in total. The van der Waals surface area contributed by atoms with Crippen LogP contribution in [0.15, 0.2) is 47.0 Å². The molecule has 198 valence electrons. The normalized spacial score (nSPS) is 20.7. The summed E-state index contributed by atoms with van der Waals surface area (Å²) in [6.07, 6.45) is 0. The highest BCUT2D eigenvalue weighted by atomic mass is 35.5. The van der Waals surface area contributed by atoms with Gasteiger partial charge in [-0.05, 0) is 49.9 Å². The Balaban J connectivity index is 1.67. The SMILES string of the molecule is CCOC(=O)C1=C(CN2CCN(C(=O)c3cccs3)C(C)C2)N(CC)C(=O)NC1c1ccc(Cl)cc1Cl. The largest absolute Gasteiger partial charge is 0.463 e. The van der Waals surface area contributed by atoms with Crippen molar-refractivity contribution in [3.8, 4) is 0 Å². The van der Waals surface area contributed by atoms with Crippen molar-refractivity contribution < 1.29 is 19.1 Å². The van der Waals surface area contributed by atoms with Gasteiger partial charge < -0.3 is 15.0 Å². The molecule has 2 aliphatic heterocycles. The Kier molecular flexibility index (Phi) is 8.79. The molecule has 0 bridgehead atoms. The van der Waals surface area contributed by atoms with Crippen LogP contribution in [-0.4, -0.2) is 78.0 Å². The number of hydrogen-bond donors (Lipinski definition) is 1. The molecule has 11 heteroatoms. The molecule has 0 aliphatic carbocycles. The zero-order chi connectivity index (χ0) is 26.7. The Bertz CT molecular complexity index is 1200. The minimum absolute atomic E-state index is 0.0262. The molecular weight excluding hydrogens is 535 g/mol. The van der Waals surface area contributed by atoms with E-state index >= 15 is 0 Å². The molecule has 3 amide bonds. The van der Waals surface area contributed by atoms with Gasteiger partial charge >= 0.3 is 12.0 Å². The van der Waals surface area contributed by atoms with Gasteiger partial charge in [0, 0.05) is 54.5 Å². The minimum atomic E-state index is -0.784. The average Bonchev–Trinajstić information content (AvgIpc) is 3.39. The van der Waals surface area contributed by atoms with Crippen LogP contribution in [0.2, 0.25) is 10.0 Å². The van der Waals surface area contributed by atoms with E-state index in [-0.39, 0.29) is 24.6 Å². The molecule has 37 heavy (non-hydrogen) atoms. The number of ether oxygens (including phenoxy) is 1. The van der Waals surface area contributed by atoms with Crippen LogP contribution in [0.5, 0.6) is 0 Å². The smallest absolute Gasteiger partial charge is 0.338 e. The quantitative estimate of drug-likeness (QED) is 0.488. The van der Waals surface area contributed by atoms with E-state index in [0.29, 0.717) is 59.6 Å². The number of carbonyl (C=O) groups excluding carboxylic acids is 3. The molecule has 2 unspecified atom stereocenters. The molecule has 1 saturated heterocycles. The van der Waals surface area contributed by atoms with Gasteiger partial charge in [0.05, 0.1) is 23.1 Å². The topological polar surface area (TPSA) is 82.2 Å². The first-order chi connectivity index (χ1) is 17.7. The molecule has 1 aromatic carbocycles. The zero-order valence-electron chi connectivity index (χ0n) is 21.0. The number of nitrogens with zero attached hydrogens (tertiary/aromatic N) is 3. The zero-order valence-corrected chi connectivity index (χ0v) is 23.3. The third-order valence-corrected chi connectivity index (χ3v) is 8.02. The fourth-order valence-electron chi connectivity index (χ4n) is 4.86. The summed E-state index contributed by atoms with van der Waals surface area (Å²) in [5, 5.41) is 5.63. The second-order valence-electron chi connectivity index (χ2n) is 8.93. The summed E-state index contributed by atoms with van der Waals surface area (Å²) in [4.78, 5) is 45.8. The molecule has 3 heterocycles. The maximum Gasteiger partial charge on any atom is 0.338 e. The van der Waals surface area contributed by atoms with Crippen molar-refractivity contribution in [2.75, 3.05) is 39.3 Å². The van der Waals surface area contributed by atoms with Gasteiger partial charge in [0.1, 0.15) is 0 Å². The minimum Gasteiger partial charge on any atom is -0.463 e. The number of nitrogens with one attached hydrogen (secondary N) is 1. The molecule has 2 atom stereocenters. The first-order valence-corrected chi connectivity index (χ1v) is 13.9. The standard InChI is InChI=1S/C26H30Cl2N4O4S/c1-4-31-20(15-30-10-11-32(16(3)14-30)24(33)21-7-6-12-37-21)22(25(34)36-5-2)23(29-26(31)35)18-9-8-17(27)13-19(18)28/h6-9,12-13,16,23H,4-5,10-11,14-15H2,1-3H3,(H,29,35). The van der Waals surface area contributed by atoms with Gasteiger partial charge in [-0.2, -0.15) is 0 Å². The number of urea groups is 1. The predicted octanol–water partition coefficient (Wildman–Crippen LogP) is 4.80. The second-order valence-corrected chi connectivity index (χ2v) is 10.7. The van der Waals surface area contributed by atoms with Gasteiger partial charge in [0.15, 0.2) is 0 Å². The molecule has 2 aromatic rings. The van der Waals surface area contributed by atoms with Crippen molar-refractivity contribution >= 4 is 52.4 Å². The number of thiophene rings is 1. The second kappa shape index (κ2) is 11.9. The van der Waals surface area contributed by atoms with E-state index in [1.165, 1.54) is 11.3 Å². The van der Waals surface area contributed by atoms with E-state index in [0.717, 1.165) is 4.88 Å². The van der Waals surface area contributed by atoms with E-state index in [9.17, 15) is 14.4 Å². The fourth-order valence-corrected chi connectivity index (χ4v) is 6.06. The molecule has 8 nitrogen and oxygen atoms in total. The monoisotopic (exact) mass is 564 g/mol. The van der Waals surface area contributed by atoms with Crippen LogP contribution in [0.4, 0.5) is 4.79 Å². The third-order valence-electron chi connectivity index (χ3n) is 6.60. The van der Waals surface area contributed by atoms with Gasteiger partial charge in [-0.3, -0.25) is 14.6 Å². The van der Waals surface area contributed by atoms with E-state index in [2.05, 4.69) is 10.2 Å². The number of esters is 1. The summed E-state index contributed by atoms with van der Waals surface area (Å²) in [5.74, 6) is -0.482. The van der Waals surface area contributed by atoms with Crippen molar-refractivity contribution in [2.24, 2.45) is 0 Å². The van der Waals surface area contributed by atoms with Crippen molar-refractivity contribution in [1.82, 2.24) is 20.0 Å². The number of benzene rings is 1. The number of carbonyl (C=O) groups is 3. The molecule has 0 saturated carbocycles. The van der Waals surface area contributed by atoms with Crippen LogP contribution in [0.1, 0.15) is 42.0 Å². The van der Waals surface area contributed by atoms with Crippen LogP contribution in [-0.2, 0) is 9.53 Å². The predicted molar refractivity (Wildman–Crippen MR) is 145 cm³/mol. The van der Waals surface area contributed by atoms with E-state index < -0.39 is 12.0 Å². The molecule has 1 fully saturated rings. The Labute approximate surface area is 230 Å². The highest BCUT2D eigenvalue weighted by Crippen LogP contribution is 2.36. The van der Waals surface area contributed by atoms with Gasteiger partial charge in [-0.25, -0.2) is 9.59 Å². The summed E-state index contributed by atoms with van der Waals surface area (Å²) in [6, 6.07) is 7.55. The van der Waals surface area contributed by atoms with Crippen molar-refractivity contribution in [3.05, 3.63) is 67.5 Å². The third kappa shape index (κ3) is 5.80. The Morgan fingerprint density at radius 2 is 1.97 bits per heavy atom. The Morgan fingerprint density at radius 3 is 2.59 bits per heavy atom. The first kappa shape index (κ1) is 27.4. The van der Waals surface area contributed by atoms with Gasteiger partial charge in [0.25, 0.3) is 5.91 Å². The lowest BCUT2D eigenvalue weighted by atomic mass is 9.94. The number of halogens is 2. The highest BCUT2D eigenvalue weighted by molar-refractivity contribution is 7.12. The van der Waals surface area contributed by atoms with Crippen LogP contribution in [0.25, 0.3) is 0 Å². The lowest BCUT2D eigenvalue weighted by Crippen LogP contribution is -2.56. The van der Waals surface area contributed by atoms with Gasteiger partial charge in [-0.1, -0.05) is 35.3 Å². The number of likely N-dealkylation sites (N-methyl/N-ethyl adjacent to an activating group) is 1. The lowest BCUT2D eigenvalue weighted by Gasteiger charge is -2.42. The van der Waals surface area contributed by atoms with Crippen LogP contribution >= 0.6 is 34.5 Å². The average molecular weight is 566 g/mol. The number of rotatable bonds is 7. The summed E-state index contributed by atoms with van der Waals surface area (Å²) in [7, 11) is 0. The van der Waals surface area contributed by atoms with Gasteiger partial charge in [0.2, 0.25) is 0 Å². The Hall–Kier alpha value is -2.59. The molecule has 0 radical (unpaired) electrons. The lowest BCUT2D eigenvalue weighted by molar-refractivity contribution is -0.139. The summed E-state index contributed by atoms with van der Waals surface area (Å²) in [6.45, 7) is 8.28. The fraction of sp³-hybridized carbons (Fsp3) is 0.423. The first-order valence-electron chi connectivity index (χ1n) is 12.2. The van der Waals surface area contributed by atoms with E-state index in [1.807, 2.05) is 36.3 Å². The van der Waals surface area contributed by atoms with Crippen molar-refractivity contribution in [2.45, 2.75) is 32.9 Å². The van der Waals surface area contributed by atoms with Crippen molar-refractivity contribution in [1.29, 1.82) is 0 Å². The van der Waals surface area contributed by atoms with Crippen LogP contribution in [0.3, 0.4) is 0 Å². The molecule has 4 rings (SSSR count). The van der Waals surface area contributed by atoms with Gasteiger partial charge in [-0.15, -0.1) is 11.3 Å². The molecule has 2 aliphatic rings. The molecular formula is C26H30Cl2N4O4S. The molecule has 0 spiro atoms. The summed E-state index contributed by atoms with van der Waals surface area (Å²) < 4.78 is 5.44. The Morgan fingerprint density at radius 1 is 1.19 bits per heavy atom.